The third-order valence-corrected chi connectivity index (χ3v) is 0. The van der Waals surface area contributed by atoms with Crippen LogP contribution in [0.2, 0.25) is 0 Å². The summed E-state index contributed by atoms with van der Waals surface area (Å²) in [5.41, 5.74) is 0. The Bertz CT molecular complexity index is 62.6. The molecule has 0 fully saturated rings. The van der Waals surface area contributed by atoms with E-state index in [4.69, 9.17) is 14.7 Å². The first kappa shape index (κ1) is 243. The minimum absolute atomic E-state index is 0. The molecule has 0 aromatic heterocycles. The van der Waals surface area contributed by atoms with Gasteiger partial charge in [-0.3, -0.25) is 0 Å². The van der Waals surface area contributed by atoms with Gasteiger partial charge >= 0.3 is 36.3 Å². The van der Waals surface area contributed by atoms with Gasteiger partial charge in [0.05, 0.1) is 0 Å². The fraction of sp³-hybridized carbons (Fsp3) is 0. The molecule has 0 saturated heterocycles. The molecule has 18 heavy (non-hydrogen) atoms. The predicted octanol–water partition coefficient (Wildman–Crippen LogP) is -13.7. The van der Waals surface area contributed by atoms with E-state index in [-0.39, 0.29) is 95.3 Å². The first-order valence-electron chi connectivity index (χ1n) is 0.783. The molecule has 0 rings (SSSR count). The van der Waals surface area contributed by atoms with Crippen LogP contribution < -0.4 is 29.6 Å². The summed E-state index contributed by atoms with van der Waals surface area (Å²) in [5, 5.41) is 0. The fourth-order valence-corrected chi connectivity index (χ4v) is 0. The summed E-state index contributed by atoms with van der Waals surface area (Å²) in [6, 6.07) is 0. The van der Waals surface area contributed by atoms with Gasteiger partial charge in [0.25, 0.3) is 0 Å². The molecule has 27 N–H and O–H groups in total. The minimum atomic E-state index is -3.81. The summed E-state index contributed by atoms with van der Waals surface area (Å²) in [6.07, 6.45) is 0. The van der Waals surface area contributed by atoms with Crippen molar-refractivity contribution in [3.63, 3.8) is 0 Å². The van der Waals surface area contributed by atoms with Crippen molar-refractivity contribution in [1.82, 2.24) is 0 Å². The zero-order valence-corrected chi connectivity index (χ0v) is 12.9. The fourth-order valence-electron chi connectivity index (χ4n) is 0. The number of hydrogen-bond donors (Lipinski definition) is 3. The maximum Gasteiger partial charge on any atom is 1.00 e. The van der Waals surface area contributed by atoms with E-state index in [0.717, 1.165) is 0 Å². The molecule has 0 bridgehead atoms. The van der Waals surface area contributed by atoms with Crippen LogP contribution in [0.4, 0.5) is 0 Å². The Morgan fingerprint density at radius 1 is 0.444 bits per heavy atom. The van der Waals surface area contributed by atoms with Gasteiger partial charge in [-0.15, -0.1) is 0 Å². The van der Waals surface area contributed by atoms with E-state index in [0.29, 0.717) is 0 Å². The molecule has 0 aliphatic rings. The molecule has 0 aliphatic carbocycles. The van der Waals surface area contributed by atoms with Crippen molar-refractivity contribution < 1.29 is 110 Å². The van der Waals surface area contributed by atoms with Gasteiger partial charge in [0.15, 0.2) is 0 Å². The standard InChI is InChI=1S/Na.H3O3PS.12H2O/c;1-4(2,3)5;;;;;;;;;;;;/h;(H3,1,2,3,5);12*1H2/q+1;;;;;;;;;;;;;. The summed E-state index contributed by atoms with van der Waals surface area (Å²) < 4.78 is 0. The molecular formula is H27NaO15PS+. The average Bonchev–Trinajstić information content (AvgIpc) is 0.722. The van der Waals surface area contributed by atoms with Crippen molar-refractivity contribution in [3.8, 4) is 0 Å². The quantitative estimate of drug-likeness (QED) is 0.281. The normalized spacial score (nSPS) is 3.28. The SMILES string of the molecule is O.O.O.O.O.O.O.O.O.O.O.O.OP(O)(O)=S.[Na+]. The van der Waals surface area contributed by atoms with Crippen molar-refractivity contribution >= 4 is 18.5 Å². The van der Waals surface area contributed by atoms with Gasteiger partial charge in [-0.25, -0.2) is 0 Å². The third-order valence-electron chi connectivity index (χ3n) is 0. The predicted molar refractivity (Wildman–Crippen MR) is 64.3 cm³/mol. The van der Waals surface area contributed by atoms with E-state index in [1.807, 2.05) is 0 Å². The Kier molecular flexibility index (Phi) is 1430. The van der Waals surface area contributed by atoms with Gasteiger partial charge in [-0.1, -0.05) is 0 Å². The van der Waals surface area contributed by atoms with Crippen LogP contribution in [0.3, 0.4) is 0 Å². The van der Waals surface area contributed by atoms with Crippen LogP contribution in [0.15, 0.2) is 0 Å². The Morgan fingerprint density at radius 2 is 0.444 bits per heavy atom. The topological polar surface area (TPSA) is 439 Å². The summed E-state index contributed by atoms with van der Waals surface area (Å²) in [5.74, 6) is 0. The van der Waals surface area contributed by atoms with E-state index in [1.54, 1.807) is 0 Å². The molecule has 0 saturated carbocycles. The van der Waals surface area contributed by atoms with Crippen molar-refractivity contribution in [2.75, 3.05) is 0 Å². The van der Waals surface area contributed by atoms with Crippen LogP contribution in [0, 0.1) is 0 Å². The second-order valence-corrected chi connectivity index (χ2v) is 3.01. The van der Waals surface area contributed by atoms with E-state index < -0.39 is 6.72 Å². The molecule has 0 radical (unpaired) electrons. The second-order valence-electron chi connectivity index (χ2n) is 0.513. The number of hydrogen-bond acceptors (Lipinski definition) is 1. The first-order valence-corrected chi connectivity index (χ1v) is 3.44. The molecule has 0 aromatic rings. The molecule has 0 heterocycles. The molecule has 15 nitrogen and oxygen atoms in total. The third kappa shape index (κ3) is 3980. The van der Waals surface area contributed by atoms with Crippen LogP contribution in [0.1, 0.15) is 0 Å². The maximum atomic E-state index is 7.56. The van der Waals surface area contributed by atoms with Crippen molar-refractivity contribution in [2.45, 2.75) is 0 Å². The van der Waals surface area contributed by atoms with Crippen LogP contribution in [-0.4, -0.2) is 80.4 Å². The van der Waals surface area contributed by atoms with Gasteiger partial charge in [-0.2, -0.15) is 0 Å². The van der Waals surface area contributed by atoms with E-state index in [9.17, 15) is 0 Å². The van der Waals surface area contributed by atoms with Crippen LogP contribution in [0.25, 0.3) is 0 Å². The Labute approximate surface area is 128 Å². The van der Waals surface area contributed by atoms with Crippen LogP contribution in [0.5, 0.6) is 0 Å². The molecule has 0 unspecified atom stereocenters. The molecule has 0 aliphatic heterocycles. The maximum absolute atomic E-state index is 7.56. The summed E-state index contributed by atoms with van der Waals surface area (Å²) in [7, 11) is 0. The Morgan fingerprint density at radius 3 is 0.444 bits per heavy atom. The van der Waals surface area contributed by atoms with Crippen LogP contribution in [-0.2, 0) is 11.8 Å². The monoisotopic (exact) mass is 353 g/mol. The summed E-state index contributed by atoms with van der Waals surface area (Å²) >= 11 is 3.60. The molecule has 0 atom stereocenters. The van der Waals surface area contributed by atoms with Crippen molar-refractivity contribution in [3.05, 3.63) is 0 Å². The second kappa shape index (κ2) is 106. The molecule has 0 amide bonds. The molecule has 18 heteroatoms. The first-order chi connectivity index (χ1) is 2.00. The zero-order valence-electron chi connectivity index (χ0n) is 9.20. The summed E-state index contributed by atoms with van der Waals surface area (Å²) in [4.78, 5) is 22.7. The smallest absolute Gasteiger partial charge is 0.412 e. The molecule has 0 aromatic carbocycles. The van der Waals surface area contributed by atoms with Crippen molar-refractivity contribution in [1.29, 1.82) is 0 Å². The number of rotatable bonds is 0. The Hall–Kier alpha value is 1.05. The Balaban J connectivity index is -0.00000000103. The van der Waals surface area contributed by atoms with Gasteiger partial charge in [-0.05, 0) is 11.8 Å². The average molecular weight is 353 g/mol. The van der Waals surface area contributed by atoms with E-state index in [2.05, 4.69) is 11.8 Å². The van der Waals surface area contributed by atoms with E-state index in [1.165, 1.54) is 0 Å². The zero-order chi connectivity index (χ0) is 4.50. The van der Waals surface area contributed by atoms with Crippen LogP contribution >= 0.6 is 6.72 Å². The molecule has 128 valence electrons. The van der Waals surface area contributed by atoms with Crippen molar-refractivity contribution in [2.24, 2.45) is 0 Å². The largest absolute Gasteiger partial charge is 1.00 e. The molecular weight excluding hydrogens is 326 g/mol. The van der Waals surface area contributed by atoms with E-state index >= 15 is 0 Å². The van der Waals surface area contributed by atoms with Gasteiger partial charge in [0.2, 0.25) is 0 Å². The minimum Gasteiger partial charge on any atom is -0.412 e. The molecule has 0 spiro atoms. The van der Waals surface area contributed by atoms with Gasteiger partial charge in [0.1, 0.15) is 0 Å². The van der Waals surface area contributed by atoms with Gasteiger partial charge in [0, 0.05) is 0 Å². The summed E-state index contributed by atoms with van der Waals surface area (Å²) in [6.45, 7) is -3.81. The van der Waals surface area contributed by atoms with Gasteiger partial charge < -0.3 is 80.4 Å².